The highest BCUT2D eigenvalue weighted by Crippen LogP contribution is 2.47. The molecule has 1 saturated heterocycles. The lowest BCUT2D eigenvalue weighted by Gasteiger charge is -2.33. The van der Waals surface area contributed by atoms with Gasteiger partial charge in [0, 0.05) is 4.57 Å². The normalized spacial score (nSPS) is 28.4. The summed E-state index contributed by atoms with van der Waals surface area (Å²) in [6, 6.07) is 13.4. The Labute approximate surface area is 177 Å². The average molecular weight is 444 g/mol. The number of benzene rings is 1. The third-order valence-corrected chi connectivity index (χ3v) is 5.96. The number of ether oxygens (including phenoxy) is 1. The minimum atomic E-state index is -2.58. The van der Waals surface area contributed by atoms with Gasteiger partial charge >= 0.3 is 8.25 Å². The summed E-state index contributed by atoms with van der Waals surface area (Å²) in [6.45, 7) is 0.870. The molecule has 3 heterocycles. The van der Waals surface area contributed by atoms with Crippen LogP contribution >= 0.6 is 8.25 Å². The first kappa shape index (κ1) is 21.1. The fourth-order valence-electron chi connectivity index (χ4n) is 3.57. The fraction of sp³-hybridized carbons (Fsp3) is 0.316. The van der Waals surface area contributed by atoms with Crippen LogP contribution in [0.1, 0.15) is 12.6 Å². The molecule has 0 amide bonds. The Bertz CT molecular complexity index is 1160. The molecular weight excluding hydrogens is 425 g/mol. The summed E-state index contributed by atoms with van der Waals surface area (Å²) in [5.41, 5.74) is 2.32. The van der Waals surface area contributed by atoms with Crippen LogP contribution < -0.4 is 10.3 Å². The molecule has 0 saturated carbocycles. The molecule has 4 N–H and O–H groups in total. The minimum absolute atomic E-state index is 0.149. The molecular formula is C19H19N5O6P+. The predicted octanol–water partition coefficient (Wildman–Crippen LogP) is 1.29. The Morgan fingerprint density at radius 1 is 1.35 bits per heavy atom. The van der Waals surface area contributed by atoms with Crippen molar-refractivity contribution in [3.05, 3.63) is 54.5 Å². The molecule has 5 unspecified atom stereocenters. The van der Waals surface area contributed by atoms with E-state index in [1.807, 2.05) is 6.07 Å². The van der Waals surface area contributed by atoms with Crippen LogP contribution in [0.4, 0.5) is 5.82 Å². The first-order chi connectivity index (χ1) is 14.8. The summed E-state index contributed by atoms with van der Waals surface area (Å²) in [6.07, 6.45) is -1.53. The number of nitrogens with zero attached hydrogens (tertiary/aromatic N) is 4. The average Bonchev–Trinajstić information content (AvgIpc) is 3.27. The number of para-hydroxylation sites is 1. The lowest BCUT2D eigenvalue weighted by atomic mass is 9.80. The molecule has 1 aliphatic rings. The van der Waals surface area contributed by atoms with Gasteiger partial charge in [-0.3, -0.25) is 0 Å². The summed E-state index contributed by atoms with van der Waals surface area (Å²) >= 11 is 0. The Kier molecular flexibility index (Phi) is 5.35. The summed E-state index contributed by atoms with van der Waals surface area (Å²) in [4.78, 5) is 3.89. The van der Waals surface area contributed by atoms with Crippen LogP contribution in [0.2, 0.25) is 0 Å². The van der Waals surface area contributed by atoms with Gasteiger partial charge in [-0.25, -0.2) is 14.0 Å². The molecule has 1 aliphatic heterocycles. The molecule has 160 valence electrons. The molecule has 0 bridgehead atoms. The smallest absolute Gasteiger partial charge is 0.387 e. The summed E-state index contributed by atoms with van der Waals surface area (Å²) in [5.74, 6) is 0.509. The molecule has 3 aromatic rings. The molecule has 12 heteroatoms. The summed E-state index contributed by atoms with van der Waals surface area (Å²) < 4.78 is 29.6. The highest BCUT2D eigenvalue weighted by atomic mass is 31.1. The number of anilines is 1. The number of fused-ring (bicyclic) bond motifs is 1. The highest BCUT2D eigenvalue weighted by Gasteiger charge is 2.65. The van der Waals surface area contributed by atoms with E-state index in [2.05, 4.69) is 10.1 Å². The largest absolute Gasteiger partial charge is 0.750 e. The van der Waals surface area contributed by atoms with E-state index >= 15 is 0 Å². The molecule has 31 heavy (non-hydrogen) atoms. The van der Waals surface area contributed by atoms with Crippen molar-refractivity contribution < 1.29 is 28.6 Å². The second-order valence-electron chi connectivity index (χ2n) is 7.13. The first-order valence-electron chi connectivity index (χ1n) is 9.21. The van der Waals surface area contributed by atoms with Crippen molar-refractivity contribution in [1.29, 1.82) is 5.26 Å². The maximum Gasteiger partial charge on any atom is 0.750 e. The number of nitrogen functional groups attached to an aromatic ring is 1. The van der Waals surface area contributed by atoms with Gasteiger partial charge in [0.15, 0.2) is 11.6 Å². The van der Waals surface area contributed by atoms with E-state index in [1.54, 1.807) is 36.4 Å². The Morgan fingerprint density at radius 2 is 2.10 bits per heavy atom. The molecule has 11 nitrogen and oxygen atoms in total. The van der Waals surface area contributed by atoms with E-state index in [-0.39, 0.29) is 11.5 Å². The number of hydrogen-bond acceptors (Lipinski definition) is 10. The number of nitrogens with two attached hydrogens (primary N) is 1. The number of aliphatic hydroxyl groups excluding tert-OH is 1. The van der Waals surface area contributed by atoms with Gasteiger partial charge in [0.25, 0.3) is 0 Å². The zero-order chi connectivity index (χ0) is 22.2. The highest BCUT2D eigenvalue weighted by molar-refractivity contribution is 7.33. The van der Waals surface area contributed by atoms with Gasteiger partial charge in [-0.05, 0) is 31.2 Å². The van der Waals surface area contributed by atoms with Crippen molar-refractivity contribution in [1.82, 2.24) is 14.6 Å². The summed E-state index contributed by atoms with van der Waals surface area (Å²) in [7, 11) is -2.58. The topological polar surface area (TPSA) is 165 Å². The fourth-order valence-corrected chi connectivity index (χ4v) is 4.19. The monoisotopic (exact) mass is 444 g/mol. The van der Waals surface area contributed by atoms with Crippen LogP contribution in [0.5, 0.6) is 5.75 Å². The van der Waals surface area contributed by atoms with E-state index in [9.17, 15) is 20.0 Å². The van der Waals surface area contributed by atoms with Crippen molar-refractivity contribution in [3.8, 4) is 11.8 Å². The SMILES string of the molecule is CC1(O)C(O)C(CO[P+](=O)Oc2ccccc2)OC1(C#N)c1ccc2c(N)ncnn12. The molecule has 1 aromatic carbocycles. The van der Waals surface area contributed by atoms with E-state index < -0.39 is 38.3 Å². The van der Waals surface area contributed by atoms with E-state index in [0.29, 0.717) is 11.3 Å². The zero-order valence-corrected chi connectivity index (χ0v) is 17.2. The molecule has 0 aliphatic carbocycles. The maximum atomic E-state index is 12.1. The number of hydrogen-bond donors (Lipinski definition) is 3. The van der Waals surface area contributed by atoms with Crippen molar-refractivity contribution in [2.24, 2.45) is 0 Å². The van der Waals surface area contributed by atoms with Crippen LogP contribution in [-0.4, -0.2) is 49.2 Å². The van der Waals surface area contributed by atoms with Crippen molar-refractivity contribution in [3.63, 3.8) is 0 Å². The summed E-state index contributed by atoms with van der Waals surface area (Å²) in [5, 5.41) is 35.9. The lowest BCUT2D eigenvalue weighted by molar-refractivity contribution is -0.109. The van der Waals surface area contributed by atoms with Gasteiger partial charge in [-0.2, -0.15) is 10.4 Å². The molecule has 1 fully saturated rings. The van der Waals surface area contributed by atoms with Crippen LogP contribution in [0.25, 0.3) is 5.52 Å². The first-order valence-corrected chi connectivity index (χ1v) is 10.3. The number of aliphatic hydroxyl groups is 2. The second kappa shape index (κ2) is 7.85. The predicted molar refractivity (Wildman–Crippen MR) is 107 cm³/mol. The van der Waals surface area contributed by atoms with Crippen LogP contribution in [0, 0.1) is 11.3 Å². The Hall–Kier alpha value is -3.13. The quantitative estimate of drug-likeness (QED) is 0.472. The van der Waals surface area contributed by atoms with Crippen molar-refractivity contribution >= 4 is 19.6 Å². The van der Waals surface area contributed by atoms with Gasteiger partial charge in [-0.15, -0.1) is 4.52 Å². The van der Waals surface area contributed by atoms with Crippen molar-refractivity contribution in [2.75, 3.05) is 12.3 Å². The van der Waals surface area contributed by atoms with Gasteiger partial charge < -0.3 is 20.7 Å². The minimum Gasteiger partial charge on any atom is -0.387 e. The Balaban J connectivity index is 1.58. The number of aromatic nitrogens is 3. The molecule has 4 rings (SSSR count). The van der Waals surface area contributed by atoms with E-state index in [0.717, 1.165) is 0 Å². The number of nitriles is 1. The van der Waals surface area contributed by atoms with Gasteiger partial charge in [0.05, 0.1) is 5.69 Å². The number of rotatable bonds is 6. The second-order valence-corrected chi connectivity index (χ2v) is 8.01. The molecule has 2 aromatic heterocycles. The van der Waals surface area contributed by atoms with Crippen LogP contribution in [0.3, 0.4) is 0 Å². The third-order valence-electron chi connectivity index (χ3n) is 5.24. The molecule has 5 atom stereocenters. The van der Waals surface area contributed by atoms with Crippen LogP contribution in [-0.2, 0) is 19.4 Å². The van der Waals surface area contributed by atoms with Gasteiger partial charge in [0.2, 0.25) is 5.60 Å². The molecule has 0 spiro atoms. The standard InChI is InChI=1S/C19H19N5O6P/c1-18(26)16(25)14(9-28-31(27)30-12-5-3-2-4-6-12)29-19(18,10-20)15-8-7-13-17(21)22-11-23-24(13)15/h2-8,11,14,16,25-26H,9H2,1H3,(H2,21,22,23)/q+1. The lowest BCUT2D eigenvalue weighted by Crippen LogP contribution is -2.52. The van der Waals surface area contributed by atoms with Gasteiger partial charge in [-0.1, -0.05) is 18.2 Å². The molecule has 0 radical (unpaired) electrons. The zero-order valence-electron chi connectivity index (χ0n) is 16.3. The maximum absolute atomic E-state index is 12.1. The van der Waals surface area contributed by atoms with Crippen LogP contribution in [0.15, 0.2) is 48.8 Å². The van der Waals surface area contributed by atoms with Crippen molar-refractivity contribution in [2.45, 2.75) is 30.3 Å². The van der Waals surface area contributed by atoms with E-state index in [1.165, 1.54) is 23.8 Å². The third kappa shape index (κ3) is 3.40. The van der Waals surface area contributed by atoms with E-state index in [4.69, 9.17) is 19.5 Å². The Morgan fingerprint density at radius 3 is 2.81 bits per heavy atom. The van der Waals surface area contributed by atoms with Gasteiger partial charge in [0.1, 0.15) is 42.3 Å².